The third-order valence-corrected chi connectivity index (χ3v) is 5.00. The number of fused-ring (bicyclic) bond motifs is 1. The minimum absolute atomic E-state index is 0.0441. The molecule has 6 nitrogen and oxygen atoms in total. The first-order valence-electron chi connectivity index (χ1n) is 9.31. The number of benzene rings is 3. The van der Waals surface area contributed by atoms with Crippen molar-refractivity contribution < 1.29 is 24.5 Å². The van der Waals surface area contributed by atoms with Gasteiger partial charge in [0.1, 0.15) is 28.2 Å². The van der Waals surface area contributed by atoms with Gasteiger partial charge in [-0.3, -0.25) is 4.79 Å². The van der Waals surface area contributed by atoms with Gasteiger partial charge in [-0.1, -0.05) is 29.8 Å². The summed E-state index contributed by atoms with van der Waals surface area (Å²) < 4.78 is 11.1. The second-order valence-electron chi connectivity index (χ2n) is 7.16. The molecule has 0 saturated heterocycles. The van der Waals surface area contributed by atoms with E-state index < -0.39 is 5.43 Å². The van der Waals surface area contributed by atoms with Gasteiger partial charge in [-0.15, -0.1) is 0 Å². The van der Waals surface area contributed by atoms with Crippen LogP contribution in [0.4, 0.5) is 0 Å². The predicted octanol–water partition coefficient (Wildman–Crippen LogP) is 4.48. The number of phenols is 3. The molecule has 30 heavy (non-hydrogen) atoms. The van der Waals surface area contributed by atoms with E-state index >= 15 is 0 Å². The van der Waals surface area contributed by atoms with Crippen molar-refractivity contribution in [1.82, 2.24) is 0 Å². The van der Waals surface area contributed by atoms with Crippen molar-refractivity contribution in [2.75, 3.05) is 7.11 Å². The molecule has 0 saturated carbocycles. The molecule has 4 rings (SSSR count). The van der Waals surface area contributed by atoms with Crippen LogP contribution in [0.15, 0.2) is 63.8 Å². The summed E-state index contributed by atoms with van der Waals surface area (Å²) in [5.74, 6) is -0.276. The molecule has 0 fully saturated rings. The van der Waals surface area contributed by atoms with E-state index in [1.54, 1.807) is 0 Å². The molecule has 1 heterocycles. The van der Waals surface area contributed by atoms with Crippen molar-refractivity contribution in [1.29, 1.82) is 0 Å². The van der Waals surface area contributed by atoms with Crippen LogP contribution in [-0.2, 0) is 6.42 Å². The zero-order chi connectivity index (χ0) is 21.4. The average molecular weight is 404 g/mol. The maximum atomic E-state index is 12.7. The largest absolute Gasteiger partial charge is 0.507 e. The van der Waals surface area contributed by atoms with E-state index in [-0.39, 0.29) is 34.0 Å². The lowest BCUT2D eigenvalue weighted by Crippen LogP contribution is -2.02. The van der Waals surface area contributed by atoms with Gasteiger partial charge in [-0.05, 0) is 36.6 Å². The van der Waals surface area contributed by atoms with Crippen molar-refractivity contribution >= 4 is 11.0 Å². The van der Waals surface area contributed by atoms with Gasteiger partial charge in [0.15, 0.2) is 16.9 Å². The zero-order valence-corrected chi connectivity index (χ0v) is 16.5. The van der Waals surface area contributed by atoms with Crippen LogP contribution in [-0.4, -0.2) is 22.4 Å². The molecule has 1 aromatic heterocycles. The second kappa shape index (κ2) is 7.48. The fraction of sp³-hybridized carbons (Fsp3) is 0.125. The topological polar surface area (TPSA) is 100 Å². The summed E-state index contributed by atoms with van der Waals surface area (Å²) in [6.07, 6.45) is 0.453. The Kier molecular flexibility index (Phi) is 4.83. The fourth-order valence-electron chi connectivity index (χ4n) is 3.42. The SMILES string of the molecule is COc1cc(O)c2c(=O)cc(-c3cc(O)c(O)cc3Cc3ccc(C)cc3)oc2c1. The van der Waals surface area contributed by atoms with Gasteiger partial charge in [0.05, 0.1) is 7.11 Å². The van der Waals surface area contributed by atoms with E-state index in [0.717, 1.165) is 11.1 Å². The molecule has 0 atom stereocenters. The average Bonchev–Trinajstić information content (AvgIpc) is 2.71. The third kappa shape index (κ3) is 3.55. The van der Waals surface area contributed by atoms with Gasteiger partial charge in [0, 0.05) is 23.8 Å². The van der Waals surface area contributed by atoms with Crippen molar-refractivity contribution in [2.24, 2.45) is 0 Å². The number of ether oxygens (including phenoxy) is 1. The number of aryl methyl sites for hydroxylation is 1. The molecule has 0 radical (unpaired) electrons. The Hall–Kier alpha value is -3.93. The number of aromatic hydroxyl groups is 3. The van der Waals surface area contributed by atoms with Gasteiger partial charge in [0.25, 0.3) is 0 Å². The van der Waals surface area contributed by atoms with Gasteiger partial charge >= 0.3 is 0 Å². The van der Waals surface area contributed by atoms with Crippen LogP contribution in [0.25, 0.3) is 22.3 Å². The van der Waals surface area contributed by atoms with Crippen LogP contribution in [0.1, 0.15) is 16.7 Å². The molecule has 0 aliphatic carbocycles. The fourth-order valence-corrected chi connectivity index (χ4v) is 3.42. The van der Waals surface area contributed by atoms with Crippen molar-refractivity contribution in [2.45, 2.75) is 13.3 Å². The number of phenolic OH excluding ortho intramolecular Hbond substituents is 3. The monoisotopic (exact) mass is 404 g/mol. The van der Waals surface area contributed by atoms with E-state index in [0.29, 0.717) is 23.3 Å². The molecule has 6 heteroatoms. The molecule has 0 aliphatic rings. The lowest BCUT2D eigenvalue weighted by Gasteiger charge is -2.13. The van der Waals surface area contributed by atoms with Crippen LogP contribution in [0.5, 0.6) is 23.0 Å². The van der Waals surface area contributed by atoms with Crippen molar-refractivity contribution in [3.63, 3.8) is 0 Å². The lowest BCUT2D eigenvalue weighted by molar-refractivity contribution is 0.403. The maximum Gasteiger partial charge on any atom is 0.197 e. The third-order valence-electron chi connectivity index (χ3n) is 5.00. The van der Waals surface area contributed by atoms with Crippen molar-refractivity contribution in [3.8, 4) is 34.3 Å². The Morgan fingerprint density at radius 1 is 0.900 bits per heavy atom. The van der Waals surface area contributed by atoms with Gasteiger partial charge in [-0.2, -0.15) is 0 Å². The summed E-state index contributed by atoms with van der Waals surface area (Å²) in [5, 5.41) is 30.3. The highest BCUT2D eigenvalue weighted by atomic mass is 16.5. The van der Waals surface area contributed by atoms with E-state index in [1.165, 1.54) is 37.4 Å². The highest BCUT2D eigenvalue weighted by molar-refractivity contribution is 5.86. The second-order valence-corrected chi connectivity index (χ2v) is 7.16. The Bertz CT molecular complexity index is 1300. The zero-order valence-electron chi connectivity index (χ0n) is 16.5. The first-order valence-corrected chi connectivity index (χ1v) is 9.31. The van der Waals surface area contributed by atoms with Gasteiger partial charge in [0.2, 0.25) is 0 Å². The quantitative estimate of drug-likeness (QED) is 0.434. The summed E-state index contributed by atoms with van der Waals surface area (Å²) >= 11 is 0. The molecule has 0 spiro atoms. The molecule has 3 aromatic carbocycles. The highest BCUT2D eigenvalue weighted by Gasteiger charge is 2.17. The first-order chi connectivity index (χ1) is 14.4. The minimum Gasteiger partial charge on any atom is -0.507 e. The summed E-state index contributed by atoms with van der Waals surface area (Å²) in [5.41, 5.74) is 2.98. The molecule has 0 aliphatic heterocycles. The molecule has 3 N–H and O–H groups in total. The molecule has 152 valence electrons. The standard InChI is InChI=1S/C24H20O6/c1-13-3-5-14(6-4-13)7-15-8-18(25)19(26)11-17(15)22-12-21(28)24-20(27)9-16(29-2)10-23(24)30-22/h3-6,8-12,25-27H,7H2,1-2H3. The minimum atomic E-state index is -0.430. The normalized spacial score (nSPS) is 11.0. The molecule has 0 unspecified atom stereocenters. The highest BCUT2D eigenvalue weighted by Crippen LogP contribution is 2.37. The smallest absolute Gasteiger partial charge is 0.197 e. The summed E-state index contributed by atoms with van der Waals surface area (Å²) in [4.78, 5) is 12.7. The number of rotatable bonds is 4. The van der Waals surface area contributed by atoms with Gasteiger partial charge < -0.3 is 24.5 Å². The van der Waals surface area contributed by atoms with Crippen LogP contribution < -0.4 is 10.2 Å². The number of hydrogen-bond donors (Lipinski definition) is 3. The Balaban J connectivity index is 1.91. The first kappa shape index (κ1) is 19.4. The summed E-state index contributed by atoms with van der Waals surface area (Å²) in [6.45, 7) is 2.00. The molecule has 4 aromatic rings. The van der Waals surface area contributed by atoms with Crippen LogP contribution in [0, 0.1) is 6.92 Å². The van der Waals surface area contributed by atoms with E-state index in [2.05, 4.69) is 0 Å². The van der Waals surface area contributed by atoms with E-state index in [1.807, 2.05) is 31.2 Å². The summed E-state index contributed by atoms with van der Waals surface area (Å²) in [7, 11) is 1.44. The van der Waals surface area contributed by atoms with Gasteiger partial charge in [-0.25, -0.2) is 0 Å². The van der Waals surface area contributed by atoms with E-state index in [9.17, 15) is 20.1 Å². The Morgan fingerprint density at radius 2 is 1.60 bits per heavy atom. The Morgan fingerprint density at radius 3 is 2.30 bits per heavy atom. The molecule has 0 bridgehead atoms. The lowest BCUT2D eigenvalue weighted by atomic mass is 9.96. The summed E-state index contributed by atoms with van der Waals surface area (Å²) in [6, 6.07) is 14.9. The van der Waals surface area contributed by atoms with Crippen LogP contribution >= 0.6 is 0 Å². The van der Waals surface area contributed by atoms with Crippen LogP contribution in [0.2, 0.25) is 0 Å². The Labute approximate surface area is 172 Å². The number of hydrogen-bond acceptors (Lipinski definition) is 6. The van der Waals surface area contributed by atoms with Crippen LogP contribution in [0.3, 0.4) is 0 Å². The van der Waals surface area contributed by atoms with Crippen molar-refractivity contribution in [3.05, 3.63) is 81.5 Å². The predicted molar refractivity (Wildman–Crippen MR) is 113 cm³/mol. The number of methoxy groups -OCH3 is 1. The maximum absolute atomic E-state index is 12.7. The molecular weight excluding hydrogens is 384 g/mol. The van der Waals surface area contributed by atoms with E-state index in [4.69, 9.17) is 9.15 Å². The molecule has 0 amide bonds. The molecular formula is C24H20O6.